The molecule has 1 saturated carbocycles. The van der Waals surface area contributed by atoms with Gasteiger partial charge in [-0.3, -0.25) is 34.3 Å². The molecular formula is C40H38Cl3N3O9. The first-order valence-electron chi connectivity index (χ1n) is 17.9. The molecule has 2 saturated heterocycles. The number of unbranched alkanes of at least 4 members (excludes halogenated alkanes) is 2. The van der Waals surface area contributed by atoms with Crippen LogP contribution in [0.15, 0.2) is 66.2 Å². The van der Waals surface area contributed by atoms with E-state index in [1.165, 1.54) is 31.3 Å². The number of anilines is 1. The van der Waals surface area contributed by atoms with Crippen molar-refractivity contribution in [2.45, 2.75) is 49.9 Å². The molecule has 3 fully saturated rings. The number of imide groups is 2. The number of halogens is 3. The molecule has 3 aromatic carbocycles. The highest BCUT2D eigenvalue weighted by Crippen LogP contribution is 2.64. The van der Waals surface area contributed by atoms with Crippen molar-refractivity contribution >= 4 is 70.1 Å². The van der Waals surface area contributed by atoms with E-state index in [9.17, 15) is 24.3 Å². The molecular weight excluding hydrogens is 773 g/mol. The van der Waals surface area contributed by atoms with Crippen molar-refractivity contribution in [3.8, 4) is 17.2 Å². The monoisotopic (exact) mass is 809 g/mol. The molecule has 288 valence electrons. The van der Waals surface area contributed by atoms with E-state index in [-0.39, 0.29) is 64.9 Å². The standard InChI is InChI=1S/C40H38Cl3N3O9/c1-54-23-10-7-21(8-11-23)40-27(37(51)46(39(40)53)44-30-14-9-22(41)18-28(30)42)19-26-24(34(40)20-16-29(43)35(49)31(17-20)55-2)12-13-25-33(26)38(52)45(36(25)50)15-5-3-4-6-32(47)48/h7-12,14,16-18,25-27,33-34,44,49H,3-6,13,15,19H2,1-2H3,(H,47,48). The molecule has 6 atom stereocenters. The number of phenols is 1. The lowest BCUT2D eigenvalue weighted by atomic mass is 9.49. The molecule has 2 heterocycles. The number of benzene rings is 3. The summed E-state index contributed by atoms with van der Waals surface area (Å²) in [4.78, 5) is 70.8. The summed E-state index contributed by atoms with van der Waals surface area (Å²) in [6, 6.07) is 14.6. The predicted octanol–water partition coefficient (Wildman–Crippen LogP) is 7.00. The SMILES string of the molecule is COc1ccc(C23C(=O)N(Nc4ccc(Cl)cc4Cl)C(=O)C2CC2C(=CCC4C(=O)N(CCCCCC(=O)O)C(=O)C42)C3c2cc(Cl)c(O)c(OC)c2)cc1. The lowest BCUT2D eigenvalue weighted by Crippen LogP contribution is -2.53. The Morgan fingerprint density at radius 2 is 1.64 bits per heavy atom. The number of carbonyl (C=O) groups is 5. The number of fused-ring (bicyclic) bond motifs is 4. The van der Waals surface area contributed by atoms with Crippen LogP contribution in [0, 0.1) is 23.7 Å². The minimum atomic E-state index is -1.63. The van der Waals surface area contributed by atoms with Crippen LogP contribution < -0.4 is 14.9 Å². The van der Waals surface area contributed by atoms with E-state index in [0.29, 0.717) is 46.7 Å². The van der Waals surface area contributed by atoms with Crippen molar-refractivity contribution in [3.05, 3.63) is 92.4 Å². The highest BCUT2D eigenvalue weighted by Gasteiger charge is 2.70. The number of hydrazine groups is 1. The molecule has 4 amide bonds. The number of ether oxygens (including phenoxy) is 2. The van der Waals surface area contributed by atoms with E-state index >= 15 is 4.79 Å². The summed E-state index contributed by atoms with van der Waals surface area (Å²) >= 11 is 19.3. The van der Waals surface area contributed by atoms with Gasteiger partial charge in [-0.1, -0.05) is 65.0 Å². The fourth-order valence-corrected chi connectivity index (χ4v) is 9.81. The van der Waals surface area contributed by atoms with Crippen molar-refractivity contribution in [1.82, 2.24) is 9.91 Å². The molecule has 55 heavy (non-hydrogen) atoms. The molecule has 12 nitrogen and oxygen atoms in total. The summed E-state index contributed by atoms with van der Waals surface area (Å²) in [6.07, 6.45) is 3.58. The maximum atomic E-state index is 15.4. The number of nitrogens with one attached hydrogen (secondary N) is 1. The highest BCUT2D eigenvalue weighted by molar-refractivity contribution is 6.36. The molecule has 0 bridgehead atoms. The van der Waals surface area contributed by atoms with Crippen LogP contribution in [-0.4, -0.2) is 70.5 Å². The molecule has 3 aromatic rings. The Labute approximate surface area is 331 Å². The maximum Gasteiger partial charge on any atom is 0.303 e. The Morgan fingerprint density at radius 3 is 2.31 bits per heavy atom. The number of hydrogen-bond donors (Lipinski definition) is 3. The number of methoxy groups -OCH3 is 2. The van der Waals surface area contributed by atoms with Crippen molar-refractivity contribution < 1.29 is 43.7 Å². The Hall–Kier alpha value is -4.78. The lowest BCUT2D eigenvalue weighted by Gasteiger charge is -2.50. The van der Waals surface area contributed by atoms with Gasteiger partial charge in [0.25, 0.3) is 11.8 Å². The van der Waals surface area contributed by atoms with Crippen LogP contribution in [-0.2, 0) is 29.4 Å². The minimum Gasteiger partial charge on any atom is -0.503 e. The number of hydrogen-bond acceptors (Lipinski definition) is 9. The number of carboxylic acids is 1. The zero-order chi connectivity index (χ0) is 39.3. The molecule has 3 N–H and O–H groups in total. The van der Waals surface area contributed by atoms with E-state index in [4.69, 9.17) is 49.4 Å². The second kappa shape index (κ2) is 15.0. The van der Waals surface area contributed by atoms with Gasteiger partial charge in [0.15, 0.2) is 11.5 Å². The number of carboxylic acid groups (broad SMARTS) is 1. The van der Waals surface area contributed by atoms with Crippen LogP contribution in [0.1, 0.15) is 55.6 Å². The Morgan fingerprint density at radius 1 is 0.891 bits per heavy atom. The largest absolute Gasteiger partial charge is 0.503 e. The second-order valence-electron chi connectivity index (χ2n) is 14.3. The van der Waals surface area contributed by atoms with E-state index < -0.39 is 52.8 Å². The van der Waals surface area contributed by atoms with Crippen molar-refractivity contribution in [1.29, 1.82) is 0 Å². The average Bonchev–Trinajstić information content (AvgIpc) is 3.53. The van der Waals surface area contributed by atoms with Crippen molar-refractivity contribution in [2.24, 2.45) is 23.7 Å². The number of phenolic OH excluding ortho intramolecular Hbond substituents is 1. The van der Waals surface area contributed by atoms with Gasteiger partial charge in [0.1, 0.15) is 5.75 Å². The van der Waals surface area contributed by atoms with Crippen molar-refractivity contribution in [2.75, 3.05) is 26.2 Å². The van der Waals surface area contributed by atoms with E-state index in [1.807, 2.05) is 6.08 Å². The van der Waals surface area contributed by atoms with E-state index in [1.54, 1.807) is 42.5 Å². The fraction of sp³-hybridized carbons (Fsp3) is 0.375. The number of aromatic hydroxyl groups is 1. The van der Waals surface area contributed by atoms with Crippen LogP contribution in [0.2, 0.25) is 15.1 Å². The quantitative estimate of drug-likeness (QED) is 0.0987. The van der Waals surface area contributed by atoms with Gasteiger partial charge in [0.2, 0.25) is 11.8 Å². The summed E-state index contributed by atoms with van der Waals surface area (Å²) in [5.41, 5.74) is 3.22. The van der Waals surface area contributed by atoms with Gasteiger partial charge in [-0.05, 0) is 85.2 Å². The topological polar surface area (TPSA) is 163 Å². The number of nitrogens with zero attached hydrogens (tertiary/aromatic N) is 2. The Kier molecular flexibility index (Phi) is 10.5. The molecule has 2 aliphatic carbocycles. The third kappa shape index (κ3) is 6.37. The number of rotatable bonds is 12. The third-order valence-electron chi connectivity index (χ3n) is 11.5. The number of likely N-dealkylation sites (tertiary alicyclic amines) is 1. The smallest absolute Gasteiger partial charge is 0.303 e. The van der Waals surface area contributed by atoms with E-state index in [2.05, 4.69) is 5.43 Å². The number of carbonyl (C=O) groups excluding carboxylic acids is 4. The summed E-state index contributed by atoms with van der Waals surface area (Å²) in [5, 5.41) is 21.3. The van der Waals surface area contributed by atoms with Gasteiger partial charge < -0.3 is 19.7 Å². The molecule has 0 radical (unpaired) electrons. The van der Waals surface area contributed by atoms with Gasteiger partial charge in [-0.25, -0.2) is 0 Å². The third-order valence-corrected chi connectivity index (χ3v) is 12.4. The lowest BCUT2D eigenvalue weighted by molar-refractivity contribution is -0.141. The summed E-state index contributed by atoms with van der Waals surface area (Å²) in [5.74, 6) is -6.61. The van der Waals surface area contributed by atoms with Crippen molar-refractivity contribution in [3.63, 3.8) is 0 Å². The van der Waals surface area contributed by atoms with E-state index in [0.717, 1.165) is 5.01 Å². The zero-order valence-electron chi connectivity index (χ0n) is 29.9. The molecule has 4 aliphatic rings. The van der Waals surface area contributed by atoms with Gasteiger partial charge in [-0.2, -0.15) is 5.01 Å². The van der Waals surface area contributed by atoms with Crippen LogP contribution in [0.5, 0.6) is 17.2 Å². The first-order chi connectivity index (χ1) is 26.3. The molecule has 0 aromatic heterocycles. The van der Waals surface area contributed by atoms with Gasteiger partial charge in [-0.15, -0.1) is 0 Å². The normalized spacial score (nSPS) is 25.7. The van der Waals surface area contributed by atoms with Gasteiger partial charge in [0.05, 0.1) is 53.1 Å². The molecule has 7 rings (SSSR count). The summed E-state index contributed by atoms with van der Waals surface area (Å²) in [6.45, 7) is 0.150. The summed E-state index contributed by atoms with van der Waals surface area (Å²) in [7, 11) is 2.89. The minimum absolute atomic E-state index is 0.00384. The van der Waals surface area contributed by atoms with Gasteiger partial charge in [0, 0.05) is 23.9 Å². The predicted molar refractivity (Wildman–Crippen MR) is 203 cm³/mol. The number of amides is 4. The van der Waals surface area contributed by atoms with Crippen LogP contribution in [0.3, 0.4) is 0 Å². The zero-order valence-corrected chi connectivity index (χ0v) is 32.2. The summed E-state index contributed by atoms with van der Waals surface area (Å²) < 4.78 is 11.0. The fourth-order valence-electron chi connectivity index (χ4n) is 9.14. The first kappa shape index (κ1) is 38.5. The Bertz CT molecular complexity index is 2130. The maximum absolute atomic E-state index is 15.4. The average molecular weight is 811 g/mol. The van der Waals surface area contributed by atoms with Crippen LogP contribution >= 0.6 is 34.8 Å². The van der Waals surface area contributed by atoms with Crippen LogP contribution in [0.25, 0.3) is 0 Å². The molecule has 2 aliphatic heterocycles. The van der Waals surface area contributed by atoms with Gasteiger partial charge >= 0.3 is 5.97 Å². The molecule has 0 spiro atoms. The van der Waals surface area contributed by atoms with Crippen LogP contribution in [0.4, 0.5) is 5.69 Å². The second-order valence-corrected chi connectivity index (χ2v) is 15.5. The Balaban J connectivity index is 1.39. The molecule has 15 heteroatoms. The highest BCUT2D eigenvalue weighted by atomic mass is 35.5. The first-order valence-corrected chi connectivity index (χ1v) is 19.0. The number of allylic oxidation sites excluding steroid dienone is 2. The molecule has 6 unspecified atom stereocenters. The number of aliphatic carboxylic acids is 1.